The van der Waals surface area contributed by atoms with Crippen LogP contribution in [-0.2, 0) is 10.0 Å². The van der Waals surface area contributed by atoms with Gasteiger partial charge in [0, 0.05) is 25.7 Å². The highest BCUT2D eigenvalue weighted by atomic mass is 32.2. The van der Waals surface area contributed by atoms with Crippen LogP contribution in [-0.4, -0.2) is 40.4 Å². The molecule has 1 aliphatic heterocycles. The topological polar surface area (TPSA) is 134 Å². The molecule has 1 unspecified atom stereocenters. The summed E-state index contributed by atoms with van der Waals surface area (Å²) in [6.45, 7) is 3.15. The first-order valence-corrected chi connectivity index (χ1v) is 12.1. The van der Waals surface area contributed by atoms with Crippen molar-refractivity contribution in [1.29, 1.82) is 5.26 Å². The average molecular weight is 469 g/mol. The Hall–Kier alpha value is -3.49. The summed E-state index contributed by atoms with van der Waals surface area (Å²) in [6, 6.07) is 10.2. The molecule has 0 bridgehead atoms. The Balaban J connectivity index is 1.73. The van der Waals surface area contributed by atoms with E-state index in [1.54, 1.807) is 12.1 Å². The molecule has 10 nitrogen and oxygen atoms in total. The van der Waals surface area contributed by atoms with Crippen molar-refractivity contribution in [1.82, 2.24) is 14.0 Å². The van der Waals surface area contributed by atoms with Gasteiger partial charge in [-0.15, -0.1) is 0 Å². The minimum Gasteiger partial charge on any atom is -0.312 e. The van der Waals surface area contributed by atoms with Gasteiger partial charge < -0.3 is 5.43 Å². The molecule has 0 aliphatic carbocycles. The third kappa shape index (κ3) is 4.53. The van der Waals surface area contributed by atoms with Crippen LogP contribution >= 0.6 is 0 Å². The van der Waals surface area contributed by atoms with E-state index >= 15 is 0 Å². The lowest BCUT2D eigenvalue weighted by molar-refractivity contribution is -0.384. The zero-order valence-corrected chi connectivity index (χ0v) is 19.0. The molecular formula is C22H24N6O4S. The number of fused-ring (bicyclic) bond motifs is 1. The molecule has 4 rings (SSSR count). The normalized spacial score (nSPS) is 17.4. The second kappa shape index (κ2) is 9.17. The van der Waals surface area contributed by atoms with Crippen LogP contribution in [0.2, 0.25) is 0 Å². The first kappa shape index (κ1) is 22.7. The highest BCUT2D eigenvalue weighted by Crippen LogP contribution is 2.34. The molecule has 1 atom stereocenters. The van der Waals surface area contributed by atoms with Crippen LogP contribution in [0.1, 0.15) is 31.2 Å². The maximum absolute atomic E-state index is 13.2. The van der Waals surface area contributed by atoms with Crippen molar-refractivity contribution in [3.63, 3.8) is 0 Å². The van der Waals surface area contributed by atoms with Gasteiger partial charge in [0.25, 0.3) is 10.0 Å². The van der Waals surface area contributed by atoms with Crippen molar-refractivity contribution in [2.45, 2.75) is 37.5 Å². The predicted octanol–water partition coefficient (Wildman–Crippen LogP) is 3.83. The minimum atomic E-state index is -3.93. The Labute approximate surface area is 191 Å². The van der Waals surface area contributed by atoms with E-state index < -0.39 is 14.9 Å². The summed E-state index contributed by atoms with van der Waals surface area (Å²) in [5, 5.41) is 22.9. The molecule has 172 valence electrons. The number of aromatic nitrogens is 2. The lowest BCUT2D eigenvalue weighted by Crippen LogP contribution is -2.31. The zero-order valence-electron chi connectivity index (χ0n) is 18.1. The number of rotatable bonds is 6. The molecule has 3 aromatic rings. The van der Waals surface area contributed by atoms with Crippen molar-refractivity contribution in [3.8, 4) is 6.07 Å². The van der Waals surface area contributed by atoms with Gasteiger partial charge in [-0.25, -0.2) is 22.4 Å². The molecule has 3 heterocycles. The van der Waals surface area contributed by atoms with E-state index in [4.69, 9.17) is 5.26 Å². The summed E-state index contributed by atoms with van der Waals surface area (Å²) in [7, 11) is -3.93. The van der Waals surface area contributed by atoms with Crippen molar-refractivity contribution >= 4 is 32.4 Å². The quantitative estimate of drug-likeness (QED) is 0.426. The fraction of sp³-hybridized carbons (Fsp3) is 0.364. The van der Waals surface area contributed by atoms with Gasteiger partial charge >= 0.3 is 5.69 Å². The summed E-state index contributed by atoms with van der Waals surface area (Å²) in [6.07, 6.45) is 5.52. The number of nitro groups is 1. The molecule has 1 aliphatic rings. The standard InChI is InChI=1S/C22H24N6O4S/c1-16-4-6-18(7-5-16)33(31,32)27-14-10-19-21(20(28(29)30)15-24-22(19)27)25-26-12-2-3-17(8-11-23)9-13-26/h4-7,10,14-15,17H,2-3,8-9,12-13H2,1H3,(H,24,25). The van der Waals surface area contributed by atoms with Gasteiger partial charge in [0.05, 0.1) is 21.3 Å². The Morgan fingerprint density at radius 2 is 2.00 bits per heavy atom. The highest BCUT2D eigenvalue weighted by molar-refractivity contribution is 7.90. The maximum atomic E-state index is 13.2. The first-order valence-electron chi connectivity index (χ1n) is 10.7. The largest absolute Gasteiger partial charge is 0.312 e. The van der Waals surface area contributed by atoms with Crippen LogP contribution < -0.4 is 5.43 Å². The Morgan fingerprint density at radius 1 is 1.24 bits per heavy atom. The lowest BCUT2D eigenvalue weighted by atomic mass is 9.98. The first-order chi connectivity index (χ1) is 15.8. The van der Waals surface area contributed by atoms with E-state index in [9.17, 15) is 18.5 Å². The number of anilines is 1. The Morgan fingerprint density at radius 3 is 2.70 bits per heavy atom. The maximum Gasteiger partial charge on any atom is 0.312 e. The SMILES string of the molecule is Cc1ccc(S(=O)(=O)n2ccc3c(NN4CCCC(CC#N)CC4)c([N+](=O)[O-])cnc32)cc1. The molecular weight excluding hydrogens is 444 g/mol. The monoisotopic (exact) mass is 468 g/mol. The van der Waals surface area contributed by atoms with Gasteiger partial charge in [0.1, 0.15) is 11.9 Å². The number of hydrogen-bond donors (Lipinski definition) is 1. The second-order valence-corrected chi connectivity index (χ2v) is 10.0. The zero-order chi connectivity index (χ0) is 23.6. The Bertz CT molecular complexity index is 1330. The fourth-order valence-electron chi connectivity index (χ4n) is 4.09. The van der Waals surface area contributed by atoms with Crippen LogP contribution in [0.25, 0.3) is 11.0 Å². The number of pyridine rings is 1. The molecule has 1 N–H and O–H groups in total. The molecule has 1 fully saturated rings. The molecule has 0 saturated carbocycles. The van der Waals surface area contributed by atoms with E-state index in [2.05, 4.69) is 16.5 Å². The number of hydrazine groups is 1. The minimum absolute atomic E-state index is 0.108. The van der Waals surface area contributed by atoms with Gasteiger partial charge in [0.15, 0.2) is 5.65 Å². The smallest absolute Gasteiger partial charge is 0.312 e. The van der Waals surface area contributed by atoms with E-state index in [1.807, 2.05) is 11.9 Å². The third-order valence-corrected chi connectivity index (χ3v) is 7.61. The van der Waals surface area contributed by atoms with Crippen LogP contribution in [0.15, 0.2) is 47.6 Å². The van der Waals surface area contributed by atoms with Gasteiger partial charge in [-0.3, -0.25) is 10.1 Å². The van der Waals surface area contributed by atoms with Gasteiger partial charge in [0.2, 0.25) is 0 Å². The van der Waals surface area contributed by atoms with Crippen LogP contribution in [0, 0.1) is 34.3 Å². The van der Waals surface area contributed by atoms with Crippen molar-refractivity contribution in [3.05, 3.63) is 58.4 Å². The summed E-state index contributed by atoms with van der Waals surface area (Å²) in [5.41, 5.74) is 4.17. The van der Waals surface area contributed by atoms with Crippen molar-refractivity contribution in [2.75, 3.05) is 18.5 Å². The fourth-order valence-corrected chi connectivity index (χ4v) is 5.40. The second-order valence-electron chi connectivity index (χ2n) is 8.20. The van der Waals surface area contributed by atoms with Gasteiger partial charge in [-0.2, -0.15) is 5.26 Å². The summed E-state index contributed by atoms with van der Waals surface area (Å²) >= 11 is 0. The van der Waals surface area contributed by atoms with E-state index in [0.717, 1.165) is 35.0 Å². The van der Waals surface area contributed by atoms with Crippen LogP contribution in [0.3, 0.4) is 0 Å². The lowest BCUT2D eigenvalue weighted by Gasteiger charge is -2.22. The van der Waals surface area contributed by atoms with Crippen LogP contribution in [0.4, 0.5) is 11.4 Å². The number of nitrogens with zero attached hydrogens (tertiary/aromatic N) is 5. The number of aryl methyl sites for hydroxylation is 1. The van der Waals surface area contributed by atoms with Crippen molar-refractivity contribution in [2.24, 2.45) is 5.92 Å². The molecule has 33 heavy (non-hydrogen) atoms. The Kier molecular flexibility index (Phi) is 6.31. The number of benzene rings is 1. The average Bonchev–Trinajstić information content (AvgIpc) is 3.11. The van der Waals surface area contributed by atoms with E-state index in [1.165, 1.54) is 24.4 Å². The van der Waals surface area contributed by atoms with E-state index in [-0.39, 0.29) is 21.9 Å². The molecule has 0 radical (unpaired) electrons. The highest BCUT2D eigenvalue weighted by Gasteiger charge is 2.27. The molecule has 0 amide bonds. The number of hydrogen-bond acceptors (Lipinski definition) is 8. The predicted molar refractivity (Wildman–Crippen MR) is 123 cm³/mol. The number of nitrogens with one attached hydrogen (secondary N) is 1. The summed E-state index contributed by atoms with van der Waals surface area (Å²) in [4.78, 5) is 15.4. The summed E-state index contributed by atoms with van der Waals surface area (Å²) < 4.78 is 27.5. The molecule has 0 spiro atoms. The molecule has 1 aromatic carbocycles. The van der Waals surface area contributed by atoms with E-state index in [0.29, 0.717) is 30.8 Å². The summed E-state index contributed by atoms with van der Waals surface area (Å²) in [5.74, 6) is 0.301. The third-order valence-electron chi connectivity index (χ3n) is 5.93. The van der Waals surface area contributed by atoms with Gasteiger partial charge in [-0.05, 0) is 50.3 Å². The number of nitriles is 1. The molecule has 1 saturated heterocycles. The van der Waals surface area contributed by atoms with Gasteiger partial charge in [-0.1, -0.05) is 17.7 Å². The van der Waals surface area contributed by atoms with Crippen LogP contribution in [0.5, 0.6) is 0 Å². The van der Waals surface area contributed by atoms with Crippen molar-refractivity contribution < 1.29 is 13.3 Å². The molecule has 2 aromatic heterocycles. The molecule has 11 heteroatoms.